The number of carboxylic acid groups (broad SMARTS) is 1. The molecule has 0 bridgehead atoms. The minimum Gasteiger partial charge on any atom is -0.476 e. The van der Waals surface area contributed by atoms with E-state index in [2.05, 4.69) is 15.6 Å². The van der Waals surface area contributed by atoms with Crippen molar-refractivity contribution in [3.8, 4) is 0 Å². The molecule has 0 aromatic carbocycles. The van der Waals surface area contributed by atoms with Crippen LogP contribution in [0.1, 0.15) is 41.2 Å². The predicted octanol–water partition coefficient (Wildman–Crippen LogP) is 0.953. The lowest BCUT2D eigenvalue weighted by molar-refractivity contribution is 0.0691. The van der Waals surface area contributed by atoms with Crippen molar-refractivity contribution in [3.05, 3.63) is 16.1 Å². The molecule has 1 aromatic rings. The Balaban J connectivity index is 1.70. The minimum absolute atomic E-state index is 0.0292. The van der Waals surface area contributed by atoms with E-state index in [9.17, 15) is 9.59 Å². The molecule has 21 heavy (non-hydrogen) atoms. The zero-order chi connectivity index (χ0) is 15.2. The average Bonchev–Trinajstić information content (AvgIpc) is 2.90. The molecule has 116 valence electrons. The smallest absolute Gasteiger partial charge is 0.355 e. The van der Waals surface area contributed by atoms with E-state index in [4.69, 9.17) is 10.8 Å². The number of aromatic nitrogens is 1. The van der Waals surface area contributed by atoms with E-state index in [1.54, 1.807) is 0 Å². The summed E-state index contributed by atoms with van der Waals surface area (Å²) in [5.74, 6) is -1.03. The highest BCUT2D eigenvalue weighted by Gasteiger charge is 2.23. The highest BCUT2D eigenvalue weighted by Crippen LogP contribution is 2.16. The van der Waals surface area contributed by atoms with Crippen molar-refractivity contribution in [2.75, 3.05) is 6.54 Å². The fourth-order valence-corrected chi connectivity index (χ4v) is 3.14. The van der Waals surface area contributed by atoms with Gasteiger partial charge in [-0.15, -0.1) is 11.3 Å². The highest BCUT2D eigenvalue weighted by atomic mass is 32.1. The summed E-state index contributed by atoms with van der Waals surface area (Å²) in [5.41, 5.74) is 6.02. The molecule has 2 rings (SSSR count). The number of hydrogen-bond donors (Lipinski definition) is 4. The average molecular weight is 312 g/mol. The summed E-state index contributed by atoms with van der Waals surface area (Å²) < 4.78 is 0. The number of carbonyl (C=O) groups is 2. The van der Waals surface area contributed by atoms with Gasteiger partial charge in [-0.25, -0.2) is 14.6 Å². The maximum Gasteiger partial charge on any atom is 0.355 e. The zero-order valence-corrected chi connectivity index (χ0v) is 12.5. The van der Waals surface area contributed by atoms with Crippen LogP contribution in [0.2, 0.25) is 0 Å². The van der Waals surface area contributed by atoms with Crippen molar-refractivity contribution >= 4 is 23.3 Å². The summed E-state index contributed by atoms with van der Waals surface area (Å²) >= 11 is 1.28. The van der Waals surface area contributed by atoms with E-state index in [0.717, 1.165) is 25.7 Å². The SMILES string of the molecule is NC1CCCCC1NC(=O)NCCc1nc(C(=O)O)cs1. The van der Waals surface area contributed by atoms with E-state index in [0.29, 0.717) is 18.0 Å². The zero-order valence-electron chi connectivity index (χ0n) is 11.7. The van der Waals surface area contributed by atoms with Crippen LogP contribution in [0.15, 0.2) is 5.38 Å². The molecule has 0 saturated heterocycles. The first-order valence-electron chi connectivity index (χ1n) is 7.04. The molecule has 8 heteroatoms. The van der Waals surface area contributed by atoms with E-state index < -0.39 is 5.97 Å². The second kappa shape index (κ2) is 7.37. The van der Waals surface area contributed by atoms with Crippen molar-refractivity contribution in [1.82, 2.24) is 15.6 Å². The van der Waals surface area contributed by atoms with Crippen LogP contribution in [0, 0.1) is 0 Å². The monoisotopic (exact) mass is 312 g/mol. The van der Waals surface area contributed by atoms with E-state index in [-0.39, 0.29) is 23.8 Å². The van der Waals surface area contributed by atoms with Gasteiger partial charge < -0.3 is 21.5 Å². The first kappa shape index (κ1) is 15.7. The summed E-state index contributed by atoms with van der Waals surface area (Å²) in [4.78, 5) is 26.4. The Kier molecular flexibility index (Phi) is 5.51. The summed E-state index contributed by atoms with van der Waals surface area (Å²) in [6.07, 6.45) is 4.60. The van der Waals surface area contributed by atoms with Gasteiger partial charge in [-0.05, 0) is 12.8 Å². The Labute approximate surface area is 126 Å². The van der Waals surface area contributed by atoms with Crippen LogP contribution < -0.4 is 16.4 Å². The molecule has 0 aliphatic heterocycles. The summed E-state index contributed by atoms with van der Waals surface area (Å²) in [6.45, 7) is 0.417. The second-order valence-corrected chi connectivity index (χ2v) is 6.08. The van der Waals surface area contributed by atoms with Gasteiger partial charge >= 0.3 is 12.0 Å². The molecular formula is C13H20N4O3S. The number of nitrogens with one attached hydrogen (secondary N) is 2. The van der Waals surface area contributed by atoms with Gasteiger partial charge in [0.1, 0.15) is 0 Å². The summed E-state index contributed by atoms with van der Waals surface area (Å²) in [6, 6.07) is -0.161. The van der Waals surface area contributed by atoms with Gasteiger partial charge in [-0.3, -0.25) is 0 Å². The lowest BCUT2D eigenvalue weighted by Gasteiger charge is -2.29. The van der Waals surface area contributed by atoms with Crippen molar-refractivity contribution in [1.29, 1.82) is 0 Å². The number of urea groups is 1. The summed E-state index contributed by atoms with van der Waals surface area (Å²) in [7, 11) is 0. The van der Waals surface area contributed by atoms with Crippen LogP contribution in [-0.2, 0) is 6.42 Å². The second-order valence-electron chi connectivity index (χ2n) is 5.14. The Hall–Kier alpha value is -1.67. The molecule has 7 nitrogen and oxygen atoms in total. The molecule has 1 fully saturated rings. The van der Waals surface area contributed by atoms with E-state index in [1.807, 2.05) is 0 Å². The molecule has 1 aliphatic carbocycles. The molecule has 0 radical (unpaired) electrons. The van der Waals surface area contributed by atoms with Crippen molar-refractivity contribution in [2.45, 2.75) is 44.2 Å². The van der Waals surface area contributed by atoms with Gasteiger partial charge in [0.2, 0.25) is 0 Å². The minimum atomic E-state index is -1.03. The normalized spacial score (nSPS) is 21.8. The van der Waals surface area contributed by atoms with Crippen LogP contribution >= 0.6 is 11.3 Å². The lowest BCUT2D eigenvalue weighted by atomic mass is 9.91. The van der Waals surface area contributed by atoms with Crippen LogP contribution in [0.4, 0.5) is 4.79 Å². The molecule has 2 atom stereocenters. The van der Waals surface area contributed by atoms with Crippen molar-refractivity contribution < 1.29 is 14.7 Å². The Morgan fingerprint density at radius 3 is 2.86 bits per heavy atom. The topological polar surface area (TPSA) is 117 Å². The molecule has 0 spiro atoms. The maximum atomic E-state index is 11.8. The van der Waals surface area contributed by atoms with Crippen LogP contribution in [0.25, 0.3) is 0 Å². The van der Waals surface area contributed by atoms with Gasteiger partial charge in [0, 0.05) is 30.4 Å². The number of rotatable bonds is 5. The first-order chi connectivity index (χ1) is 10.1. The number of carboxylic acids is 1. The number of thiazole rings is 1. The molecule has 2 unspecified atom stereocenters. The number of carbonyl (C=O) groups excluding carboxylic acids is 1. The van der Waals surface area contributed by atoms with Gasteiger partial charge in [0.15, 0.2) is 5.69 Å². The Morgan fingerprint density at radius 2 is 2.19 bits per heavy atom. The van der Waals surface area contributed by atoms with E-state index in [1.165, 1.54) is 16.7 Å². The number of nitrogens with zero attached hydrogens (tertiary/aromatic N) is 1. The Bertz CT molecular complexity index is 505. The van der Waals surface area contributed by atoms with Crippen LogP contribution in [-0.4, -0.2) is 40.7 Å². The van der Waals surface area contributed by atoms with Crippen LogP contribution in [0.5, 0.6) is 0 Å². The standard InChI is InChI=1S/C13H20N4O3S/c14-8-3-1-2-4-9(8)17-13(20)15-6-5-11-16-10(7-21-11)12(18)19/h7-9H,1-6,14H2,(H,18,19)(H2,15,17,20). The molecule has 2 amide bonds. The van der Waals surface area contributed by atoms with Crippen LogP contribution in [0.3, 0.4) is 0 Å². The largest absolute Gasteiger partial charge is 0.476 e. The third kappa shape index (κ3) is 4.68. The van der Waals surface area contributed by atoms with Gasteiger partial charge in [0.25, 0.3) is 0 Å². The number of hydrogen-bond acceptors (Lipinski definition) is 5. The molecule has 1 aromatic heterocycles. The van der Waals surface area contributed by atoms with Crippen molar-refractivity contribution in [3.63, 3.8) is 0 Å². The van der Waals surface area contributed by atoms with Crippen molar-refractivity contribution in [2.24, 2.45) is 5.73 Å². The van der Waals surface area contributed by atoms with Gasteiger partial charge in [-0.1, -0.05) is 12.8 Å². The number of nitrogens with two attached hydrogens (primary N) is 1. The third-order valence-corrected chi connectivity index (χ3v) is 4.44. The highest BCUT2D eigenvalue weighted by molar-refractivity contribution is 7.09. The number of amides is 2. The third-order valence-electron chi connectivity index (χ3n) is 3.53. The molecule has 5 N–H and O–H groups in total. The van der Waals surface area contributed by atoms with Gasteiger partial charge in [0.05, 0.1) is 5.01 Å². The predicted molar refractivity (Wildman–Crippen MR) is 79.5 cm³/mol. The first-order valence-corrected chi connectivity index (χ1v) is 7.92. The summed E-state index contributed by atoms with van der Waals surface area (Å²) in [5, 5.41) is 16.6. The van der Waals surface area contributed by atoms with Gasteiger partial charge in [-0.2, -0.15) is 0 Å². The molecular weight excluding hydrogens is 292 g/mol. The Morgan fingerprint density at radius 1 is 1.43 bits per heavy atom. The molecule has 1 saturated carbocycles. The quantitative estimate of drug-likeness (QED) is 0.646. The fourth-order valence-electron chi connectivity index (χ4n) is 2.37. The lowest BCUT2D eigenvalue weighted by Crippen LogP contribution is -2.52. The molecule has 1 heterocycles. The fraction of sp³-hybridized carbons (Fsp3) is 0.615. The maximum absolute atomic E-state index is 11.8. The number of aromatic carboxylic acids is 1. The molecule has 1 aliphatic rings. The van der Waals surface area contributed by atoms with E-state index >= 15 is 0 Å².